The normalized spacial score (nSPS) is 13.4. The van der Waals surface area contributed by atoms with Crippen LogP contribution in [0.1, 0.15) is 10.4 Å². The molecule has 0 unspecified atom stereocenters. The van der Waals surface area contributed by atoms with E-state index in [1.54, 1.807) is 12.1 Å². The van der Waals surface area contributed by atoms with E-state index in [0.717, 1.165) is 22.0 Å². The Kier molecular flexibility index (Phi) is 7.89. The van der Waals surface area contributed by atoms with Gasteiger partial charge >= 0.3 is 0 Å². The van der Waals surface area contributed by atoms with Crippen molar-refractivity contribution in [2.45, 2.75) is 5.22 Å². The highest BCUT2D eigenvalue weighted by Crippen LogP contribution is 2.30. The topological polar surface area (TPSA) is 91.6 Å². The Morgan fingerprint density at radius 3 is 2.39 bits per heavy atom. The minimum atomic E-state index is -0.167. The molecule has 0 atom stereocenters. The molecule has 41 heavy (non-hydrogen) atoms. The second kappa shape index (κ2) is 12.0. The standard InChI is InChI=1S/C31H26ClN5O3S/c32-27-11-4-3-9-26(27)30(39)37-18-16-36(17-19-37)23-14-12-22(13-15-23)33-28(38)20-41-31-35-34-29(40-31)25-10-5-7-21-6-1-2-8-24(21)25/h1-15H,16-20H2,(H,33,38). The zero-order chi connectivity index (χ0) is 28.2. The summed E-state index contributed by atoms with van der Waals surface area (Å²) < 4.78 is 5.84. The van der Waals surface area contributed by atoms with Crippen LogP contribution in [0, 0.1) is 0 Å². The zero-order valence-corrected chi connectivity index (χ0v) is 23.6. The van der Waals surface area contributed by atoms with E-state index >= 15 is 0 Å². The van der Waals surface area contributed by atoms with E-state index in [2.05, 4.69) is 20.4 Å². The Balaban J connectivity index is 0.997. The summed E-state index contributed by atoms with van der Waals surface area (Å²) in [4.78, 5) is 29.5. The summed E-state index contributed by atoms with van der Waals surface area (Å²) in [6.45, 7) is 2.64. The summed E-state index contributed by atoms with van der Waals surface area (Å²) in [5.41, 5.74) is 3.13. The summed E-state index contributed by atoms with van der Waals surface area (Å²) in [5, 5.41) is 14.1. The van der Waals surface area contributed by atoms with Gasteiger partial charge < -0.3 is 19.5 Å². The van der Waals surface area contributed by atoms with Crippen LogP contribution in [0.5, 0.6) is 0 Å². The molecule has 6 rings (SSSR count). The second-order valence-electron chi connectivity index (χ2n) is 9.54. The van der Waals surface area contributed by atoms with Crippen LogP contribution in [-0.4, -0.2) is 58.8 Å². The van der Waals surface area contributed by atoms with Gasteiger partial charge in [0.15, 0.2) is 0 Å². The third kappa shape index (κ3) is 6.06. The number of carbonyl (C=O) groups is 2. The minimum absolute atomic E-state index is 0.0449. The summed E-state index contributed by atoms with van der Waals surface area (Å²) >= 11 is 7.40. The molecule has 2 heterocycles. The van der Waals surface area contributed by atoms with E-state index in [0.29, 0.717) is 53.6 Å². The first-order valence-corrected chi connectivity index (χ1v) is 14.5. The quantitative estimate of drug-likeness (QED) is 0.227. The van der Waals surface area contributed by atoms with Gasteiger partial charge in [0.1, 0.15) is 0 Å². The maximum Gasteiger partial charge on any atom is 0.277 e. The molecule has 4 aromatic carbocycles. The lowest BCUT2D eigenvalue weighted by Crippen LogP contribution is -2.48. The van der Waals surface area contributed by atoms with Gasteiger partial charge in [0, 0.05) is 43.1 Å². The molecule has 1 aliphatic rings. The molecule has 1 aromatic heterocycles. The molecular weight excluding hydrogens is 558 g/mol. The maximum absolute atomic E-state index is 12.8. The van der Waals surface area contributed by atoms with Crippen LogP contribution in [0.3, 0.4) is 0 Å². The van der Waals surface area contributed by atoms with E-state index in [9.17, 15) is 9.59 Å². The highest BCUT2D eigenvalue weighted by Gasteiger charge is 2.23. The monoisotopic (exact) mass is 583 g/mol. The molecule has 10 heteroatoms. The highest BCUT2D eigenvalue weighted by molar-refractivity contribution is 7.99. The molecule has 8 nitrogen and oxygen atoms in total. The Hall–Kier alpha value is -4.34. The van der Waals surface area contributed by atoms with Gasteiger partial charge in [-0.25, -0.2) is 0 Å². The van der Waals surface area contributed by atoms with E-state index < -0.39 is 0 Å². The van der Waals surface area contributed by atoms with Crippen molar-refractivity contribution in [2.24, 2.45) is 0 Å². The van der Waals surface area contributed by atoms with Crippen molar-refractivity contribution in [3.8, 4) is 11.5 Å². The number of fused-ring (bicyclic) bond motifs is 1. The molecule has 1 N–H and O–H groups in total. The Morgan fingerprint density at radius 2 is 1.59 bits per heavy atom. The van der Waals surface area contributed by atoms with Crippen LogP contribution >= 0.6 is 23.4 Å². The van der Waals surface area contributed by atoms with Crippen LogP contribution in [0.15, 0.2) is 101 Å². The molecule has 1 saturated heterocycles. The van der Waals surface area contributed by atoms with E-state index in [4.69, 9.17) is 16.0 Å². The fourth-order valence-electron chi connectivity index (χ4n) is 4.84. The van der Waals surface area contributed by atoms with Gasteiger partial charge in [0.05, 0.1) is 16.3 Å². The van der Waals surface area contributed by atoms with Crippen molar-refractivity contribution in [3.05, 3.63) is 102 Å². The SMILES string of the molecule is O=C(CSc1nnc(-c2cccc3ccccc23)o1)Nc1ccc(N2CCN(C(=O)c3ccccc3Cl)CC2)cc1. The first-order chi connectivity index (χ1) is 20.0. The third-order valence-electron chi connectivity index (χ3n) is 6.94. The summed E-state index contributed by atoms with van der Waals surface area (Å²) in [6.07, 6.45) is 0. The van der Waals surface area contributed by atoms with Crippen molar-refractivity contribution in [1.29, 1.82) is 0 Å². The number of halogens is 1. The van der Waals surface area contributed by atoms with Crippen molar-refractivity contribution in [1.82, 2.24) is 15.1 Å². The lowest BCUT2D eigenvalue weighted by molar-refractivity contribution is -0.113. The average Bonchev–Trinajstić information content (AvgIpc) is 3.49. The largest absolute Gasteiger partial charge is 0.411 e. The number of hydrogen-bond donors (Lipinski definition) is 1. The lowest BCUT2D eigenvalue weighted by atomic mass is 10.0. The van der Waals surface area contributed by atoms with Gasteiger partial charge in [0.25, 0.3) is 11.1 Å². The van der Waals surface area contributed by atoms with E-state index in [1.807, 2.05) is 83.8 Å². The van der Waals surface area contributed by atoms with Gasteiger partial charge in [-0.2, -0.15) is 0 Å². The Morgan fingerprint density at radius 1 is 0.854 bits per heavy atom. The number of benzene rings is 4. The number of rotatable bonds is 7. The average molecular weight is 584 g/mol. The van der Waals surface area contributed by atoms with Gasteiger partial charge in [-0.05, 0) is 53.2 Å². The molecule has 206 valence electrons. The zero-order valence-electron chi connectivity index (χ0n) is 22.0. The smallest absolute Gasteiger partial charge is 0.277 e. The van der Waals surface area contributed by atoms with Crippen molar-refractivity contribution < 1.29 is 14.0 Å². The van der Waals surface area contributed by atoms with E-state index in [-0.39, 0.29) is 17.6 Å². The Bertz CT molecular complexity index is 1690. The number of piperazine rings is 1. The van der Waals surface area contributed by atoms with Gasteiger partial charge in [-0.3, -0.25) is 9.59 Å². The van der Waals surface area contributed by atoms with Crippen LogP contribution in [0.2, 0.25) is 5.02 Å². The number of carbonyl (C=O) groups excluding carboxylic acids is 2. The molecule has 0 radical (unpaired) electrons. The number of amides is 2. The predicted molar refractivity (Wildman–Crippen MR) is 163 cm³/mol. The number of aromatic nitrogens is 2. The fraction of sp³-hybridized carbons (Fsp3) is 0.161. The summed E-state index contributed by atoms with van der Waals surface area (Å²) in [5.74, 6) is 0.352. The van der Waals surface area contributed by atoms with Gasteiger partial charge in [-0.1, -0.05) is 71.9 Å². The molecule has 1 aliphatic heterocycles. The molecule has 2 amide bonds. The van der Waals surface area contributed by atoms with Gasteiger partial charge in [0.2, 0.25) is 11.8 Å². The van der Waals surface area contributed by atoms with E-state index in [1.165, 1.54) is 11.8 Å². The molecular formula is C31H26ClN5O3S. The van der Waals surface area contributed by atoms with Crippen LogP contribution in [0.4, 0.5) is 11.4 Å². The maximum atomic E-state index is 12.8. The molecule has 5 aromatic rings. The van der Waals surface area contributed by atoms with Crippen molar-refractivity contribution >= 4 is 57.3 Å². The second-order valence-corrected chi connectivity index (χ2v) is 10.9. The Labute approximate surface area is 246 Å². The van der Waals surface area contributed by atoms with Crippen molar-refractivity contribution in [2.75, 3.05) is 42.1 Å². The first kappa shape index (κ1) is 26.9. The van der Waals surface area contributed by atoms with Crippen LogP contribution in [-0.2, 0) is 4.79 Å². The highest BCUT2D eigenvalue weighted by atomic mass is 35.5. The third-order valence-corrected chi connectivity index (χ3v) is 8.09. The first-order valence-electron chi connectivity index (χ1n) is 13.2. The van der Waals surface area contributed by atoms with Crippen molar-refractivity contribution in [3.63, 3.8) is 0 Å². The number of nitrogens with one attached hydrogen (secondary N) is 1. The number of hydrogen-bond acceptors (Lipinski definition) is 7. The molecule has 0 saturated carbocycles. The minimum Gasteiger partial charge on any atom is -0.411 e. The number of thioether (sulfide) groups is 1. The molecule has 0 bridgehead atoms. The molecule has 0 spiro atoms. The predicted octanol–water partition coefficient (Wildman–Crippen LogP) is 6.24. The van der Waals surface area contributed by atoms with Gasteiger partial charge in [-0.15, -0.1) is 10.2 Å². The van der Waals surface area contributed by atoms with Crippen LogP contribution in [0.25, 0.3) is 22.2 Å². The summed E-state index contributed by atoms with van der Waals surface area (Å²) in [7, 11) is 0. The molecule has 1 fully saturated rings. The number of nitrogens with zero attached hydrogens (tertiary/aromatic N) is 4. The van der Waals surface area contributed by atoms with Crippen LogP contribution < -0.4 is 10.2 Å². The fourth-order valence-corrected chi connectivity index (χ4v) is 5.62. The number of anilines is 2. The lowest BCUT2D eigenvalue weighted by Gasteiger charge is -2.36. The molecule has 0 aliphatic carbocycles. The summed E-state index contributed by atoms with van der Waals surface area (Å²) in [6, 6.07) is 28.8.